The van der Waals surface area contributed by atoms with Crippen molar-refractivity contribution in [2.24, 2.45) is 0 Å². The van der Waals surface area contributed by atoms with E-state index in [9.17, 15) is 4.79 Å². The van der Waals surface area contributed by atoms with Gasteiger partial charge in [0, 0.05) is 10.9 Å². The summed E-state index contributed by atoms with van der Waals surface area (Å²) < 4.78 is 5.14. The molecule has 4 heteroatoms. The van der Waals surface area contributed by atoms with Gasteiger partial charge in [-0.15, -0.1) is 0 Å². The van der Waals surface area contributed by atoms with Crippen LogP contribution in [0, 0.1) is 0 Å². The topological polar surface area (TPSA) is 26.3 Å². The highest BCUT2D eigenvalue weighted by atomic mass is 79.9. The number of alkyl halides is 1. The van der Waals surface area contributed by atoms with E-state index in [2.05, 4.69) is 15.9 Å². The van der Waals surface area contributed by atoms with E-state index in [-0.39, 0.29) is 16.5 Å². The van der Waals surface area contributed by atoms with Crippen LogP contribution in [0.5, 0.6) is 5.75 Å². The van der Waals surface area contributed by atoms with Crippen LogP contribution in [0.2, 0.25) is 5.02 Å². The van der Waals surface area contributed by atoms with Crippen LogP contribution >= 0.6 is 27.5 Å². The number of halogens is 2. The number of methoxy groups -OCH3 is 1. The lowest BCUT2D eigenvalue weighted by Crippen LogP contribution is -2.17. The minimum absolute atomic E-state index is 0.0140. The number of benzene rings is 1. The predicted molar refractivity (Wildman–Crippen MR) is 69.8 cm³/mol. The quantitative estimate of drug-likeness (QED) is 0.791. The van der Waals surface area contributed by atoms with E-state index in [1.165, 1.54) is 0 Å². The molecule has 0 aliphatic heterocycles. The Labute approximate surface area is 109 Å². The molecule has 0 saturated heterocycles. The molecule has 0 radical (unpaired) electrons. The first-order valence-electron chi connectivity index (χ1n) is 4.95. The number of carbonyl (C=O) groups excluding carboxylic acids is 1. The molecule has 0 aromatic heterocycles. The molecule has 0 bridgehead atoms. The first-order valence-corrected chi connectivity index (χ1v) is 6.24. The number of hydrogen-bond acceptors (Lipinski definition) is 2. The van der Waals surface area contributed by atoms with Gasteiger partial charge in [-0.25, -0.2) is 0 Å². The highest BCUT2D eigenvalue weighted by molar-refractivity contribution is 9.10. The van der Waals surface area contributed by atoms with Gasteiger partial charge in [0.1, 0.15) is 11.5 Å². The highest BCUT2D eigenvalue weighted by Crippen LogP contribution is 2.33. The molecular weight excluding hydrogens is 291 g/mol. The second kappa shape index (κ2) is 5.69. The summed E-state index contributed by atoms with van der Waals surface area (Å²) in [7, 11) is 1.61. The SMILES string of the molecule is COc1ccc(Cl)c(C(C)C(Br)C(C)=O)c1. The molecule has 2 unspecified atom stereocenters. The predicted octanol–water partition coefficient (Wildman–Crippen LogP) is 3.80. The third-order valence-electron chi connectivity index (χ3n) is 2.52. The minimum Gasteiger partial charge on any atom is -0.497 e. The van der Waals surface area contributed by atoms with Crippen LogP contribution in [0.15, 0.2) is 18.2 Å². The molecule has 1 aromatic rings. The average molecular weight is 306 g/mol. The molecule has 2 nitrogen and oxygen atoms in total. The summed E-state index contributed by atoms with van der Waals surface area (Å²) in [5.74, 6) is 0.848. The summed E-state index contributed by atoms with van der Waals surface area (Å²) in [6.45, 7) is 3.52. The molecule has 0 amide bonds. The van der Waals surface area contributed by atoms with E-state index in [1.54, 1.807) is 26.2 Å². The van der Waals surface area contributed by atoms with E-state index in [0.717, 1.165) is 11.3 Å². The summed E-state index contributed by atoms with van der Waals surface area (Å²) >= 11 is 9.49. The van der Waals surface area contributed by atoms with E-state index in [0.29, 0.717) is 5.02 Å². The molecule has 1 rings (SSSR count). The van der Waals surface area contributed by atoms with Gasteiger partial charge >= 0.3 is 0 Å². The highest BCUT2D eigenvalue weighted by Gasteiger charge is 2.22. The number of ketones is 1. The van der Waals surface area contributed by atoms with Crippen molar-refractivity contribution in [1.29, 1.82) is 0 Å². The molecule has 16 heavy (non-hydrogen) atoms. The molecule has 0 saturated carbocycles. The van der Waals surface area contributed by atoms with E-state index >= 15 is 0 Å². The van der Waals surface area contributed by atoms with Gasteiger partial charge in [0.05, 0.1) is 11.9 Å². The third-order valence-corrected chi connectivity index (χ3v) is 4.30. The molecule has 1 aromatic carbocycles. The average Bonchev–Trinajstić information content (AvgIpc) is 2.27. The van der Waals surface area contributed by atoms with Gasteiger partial charge in [-0.1, -0.05) is 34.5 Å². The molecule has 0 heterocycles. The van der Waals surface area contributed by atoms with Crippen molar-refractivity contribution in [1.82, 2.24) is 0 Å². The van der Waals surface area contributed by atoms with Crippen LogP contribution in [-0.2, 0) is 4.79 Å². The Kier molecular flexibility index (Phi) is 4.81. The Morgan fingerprint density at radius 2 is 2.12 bits per heavy atom. The van der Waals surface area contributed by atoms with Crippen LogP contribution in [0.25, 0.3) is 0 Å². The van der Waals surface area contributed by atoms with Gasteiger partial charge in [-0.05, 0) is 30.7 Å². The number of rotatable bonds is 4. The summed E-state index contributed by atoms with van der Waals surface area (Å²) in [5.41, 5.74) is 0.915. The largest absolute Gasteiger partial charge is 0.497 e. The van der Waals surface area contributed by atoms with Gasteiger partial charge in [-0.3, -0.25) is 4.79 Å². The molecule has 0 fully saturated rings. The van der Waals surface area contributed by atoms with Crippen LogP contribution in [-0.4, -0.2) is 17.7 Å². The van der Waals surface area contributed by atoms with Gasteiger partial charge in [0.2, 0.25) is 0 Å². The standard InChI is InChI=1S/C12H14BrClO2/c1-7(12(13)8(2)15)10-6-9(16-3)4-5-11(10)14/h4-7,12H,1-3H3. The van der Waals surface area contributed by atoms with Gasteiger partial charge in [0.15, 0.2) is 0 Å². The monoisotopic (exact) mass is 304 g/mol. The molecule has 88 valence electrons. The fraction of sp³-hybridized carbons (Fsp3) is 0.417. The Morgan fingerprint density at radius 3 is 2.62 bits per heavy atom. The smallest absolute Gasteiger partial charge is 0.144 e. The van der Waals surface area contributed by atoms with Crippen molar-refractivity contribution in [2.45, 2.75) is 24.6 Å². The van der Waals surface area contributed by atoms with Gasteiger partial charge in [0.25, 0.3) is 0 Å². The van der Waals surface area contributed by atoms with Crippen LogP contribution in [0.1, 0.15) is 25.3 Å². The molecular formula is C12H14BrClO2. The summed E-state index contributed by atoms with van der Waals surface area (Å²) in [5, 5.41) is 0.652. The first kappa shape index (κ1) is 13.5. The number of carbonyl (C=O) groups is 1. The zero-order chi connectivity index (χ0) is 12.3. The minimum atomic E-state index is -0.225. The van der Waals surface area contributed by atoms with Crippen LogP contribution in [0.3, 0.4) is 0 Å². The Hall–Kier alpha value is -0.540. The molecule has 2 atom stereocenters. The van der Waals surface area contributed by atoms with E-state index in [4.69, 9.17) is 16.3 Å². The van der Waals surface area contributed by atoms with Crippen molar-refractivity contribution >= 4 is 33.3 Å². The number of Topliss-reactive ketones (excluding diaryl/α,β-unsaturated/α-hetero) is 1. The maximum absolute atomic E-state index is 11.3. The fourth-order valence-electron chi connectivity index (χ4n) is 1.51. The lowest BCUT2D eigenvalue weighted by atomic mass is 9.95. The van der Waals surface area contributed by atoms with Crippen molar-refractivity contribution in [3.05, 3.63) is 28.8 Å². The molecule has 0 N–H and O–H groups in total. The Balaban J connectivity index is 3.06. The lowest BCUT2D eigenvalue weighted by Gasteiger charge is -2.18. The fourth-order valence-corrected chi connectivity index (χ4v) is 2.08. The maximum Gasteiger partial charge on any atom is 0.144 e. The second-order valence-electron chi connectivity index (χ2n) is 3.69. The lowest BCUT2D eigenvalue weighted by molar-refractivity contribution is -0.116. The third kappa shape index (κ3) is 2.98. The van der Waals surface area contributed by atoms with Crippen LogP contribution in [0.4, 0.5) is 0 Å². The zero-order valence-corrected chi connectivity index (χ0v) is 11.8. The van der Waals surface area contributed by atoms with E-state index in [1.807, 2.05) is 13.0 Å². The van der Waals surface area contributed by atoms with Crippen molar-refractivity contribution in [3.63, 3.8) is 0 Å². The number of ether oxygens (including phenoxy) is 1. The summed E-state index contributed by atoms with van der Waals surface area (Å²) in [6.07, 6.45) is 0. The summed E-state index contributed by atoms with van der Waals surface area (Å²) in [6, 6.07) is 5.45. The maximum atomic E-state index is 11.3. The Bertz CT molecular complexity index is 393. The molecule has 0 aliphatic carbocycles. The molecule has 0 spiro atoms. The van der Waals surface area contributed by atoms with Crippen molar-refractivity contribution in [2.75, 3.05) is 7.11 Å². The number of hydrogen-bond donors (Lipinski definition) is 0. The first-order chi connectivity index (χ1) is 7.47. The van der Waals surface area contributed by atoms with Crippen molar-refractivity contribution < 1.29 is 9.53 Å². The Morgan fingerprint density at radius 1 is 1.50 bits per heavy atom. The van der Waals surface area contributed by atoms with Crippen molar-refractivity contribution in [3.8, 4) is 5.75 Å². The van der Waals surface area contributed by atoms with Gasteiger partial charge in [-0.2, -0.15) is 0 Å². The summed E-state index contributed by atoms with van der Waals surface area (Å²) in [4.78, 5) is 11.1. The molecule has 0 aliphatic rings. The van der Waals surface area contributed by atoms with Gasteiger partial charge < -0.3 is 4.74 Å². The van der Waals surface area contributed by atoms with E-state index < -0.39 is 0 Å². The normalized spacial score (nSPS) is 14.3. The second-order valence-corrected chi connectivity index (χ2v) is 5.08. The zero-order valence-electron chi connectivity index (χ0n) is 9.46. The van der Waals surface area contributed by atoms with Crippen LogP contribution < -0.4 is 4.74 Å².